The molecule has 4 amide bonds. The molecule has 1 aromatic rings. The van der Waals surface area contributed by atoms with E-state index in [1.165, 1.54) is 0 Å². The van der Waals surface area contributed by atoms with Crippen molar-refractivity contribution in [1.29, 1.82) is 0 Å². The number of hydrogen-bond acceptors (Lipinski definition) is 4. The Morgan fingerprint density at radius 3 is 2.08 bits per heavy atom. The maximum atomic E-state index is 12.2. The van der Waals surface area contributed by atoms with E-state index < -0.39 is 5.91 Å². The van der Waals surface area contributed by atoms with Crippen LogP contribution in [-0.2, 0) is 14.4 Å². The molecule has 1 saturated heterocycles. The molecule has 0 aromatic heterocycles. The average Bonchev–Trinajstić information content (AvgIpc) is 2.88. The quantitative estimate of drug-likeness (QED) is 0.795. The standard InChI is InChI=1S/C17H21N3O4/c1-3-19(4-2)17(24)12-5-7-13(8-6-12)18-14(21)11-20-15(22)9-10-16(20)23/h5-8H,3-4,9-11H2,1-2H3,(H,18,21). The number of amides is 4. The van der Waals surface area contributed by atoms with Crippen LogP contribution in [0.1, 0.15) is 37.0 Å². The van der Waals surface area contributed by atoms with Gasteiger partial charge in [0.15, 0.2) is 0 Å². The van der Waals surface area contributed by atoms with Gasteiger partial charge in [0.25, 0.3) is 5.91 Å². The molecule has 0 bridgehead atoms. The maximum absolute atomic E-state index is 12.2. The Bertz CT molecular complexity index is 634. The van der Waals surface area contributed by atoms with Crippen LogP contribution < -0.4 is 5.32 Å². The first-order valence-electron chi connectivity index (χ1n) is 7.98. The summed E-state index contributed by atoms with van der Waals surface area (Å²) >= 11 is 0. The molecule has 7 nitrogen and oxygen atoms in total. The summed E-state index contributed by atoms with van der Waals surface area (Å²) in [4.78, 5) is 49.8. The molecule has 1 aliphatic heterocycles. The van der Waals surface area contributed by atoms with Crippen LogP contribution in [0.25, 0.3) is 0 Å². The van der Waals surface area contributed by atoms with Crippen molar-refractivity contribution in [3.05, 3.63) is 29.8 Å². The molecule has 0 spiro atoms. The van der Waals surface area contributed by atoms with Gasteiger partial charge in [0.2, 0.25) is 17.7 Å². The second-order valence-corrected chi connectivity index (χ2v) is 5.48. The highest BCUT2D eigenvalue weighted by molar-refractivity contribution is 6.06. The zero-order chi connectivity index (χ0) is 17.7. The van der Waals surface area contributed by atoms with Crippen molar-refractivity contribution >= 4 is 29.3 Å². The number of carbonyl (C=O) groups excluding carboxylic acids is 4. The van der Waals surface area contributed by atoms with E-state index in [4.69, 9.17) is 0 Å². The second-order valence-electron chi connectivity index (χ2n) is 5.48. The van der Waals surface area contributed by atoms with E-state index in [1.807, 2.05) is 13.8 Å². The number of likely N-dealkylation sites (tertiary alicyclic amines) is 1. The minimum absolute atomic E-state index is 0.0638. The van der Waals surface area contributed by atoms with Gasteiger partial charge in [0, 0.05) is 37.2 Å². The molecule has 0 unspecified atom stereocenters. The zero-order valence-electron chi connectivity index (χ0n) is 13.9. The number of imide groups is 1. The first-order chi connectivity index (χ1) is 11.5. The Balaban J connectivity index is 1.96. The molecule has 0 saturated carbocycles. The van der Waals surface area contributed by atoms with Crippen LogP contribution in [0.2, 0.25) is 0 Å². The number of carbonyl (C=O) groups is 4. The number of anilines is 1. The smallest absolute Gasteiger partial charge is 0.253 e. The van der Waals surface area contributed by atoms with Crippen LogP contribution in [0.15, 0.2) is 24.3 Å². The van der Waals surface area contributed by atoms with Gasteiger partial charge >= 0.3 is 0 Å². The van der Waals surface area contributed by atoms with Crippen molar-refractivity contribution < 1.29 is 19.2 Å². The number of nitrogens with one attached hydrogen (secondary N) is 1. The number of nitrogens with zero attached hydrogens (tertiary/aromatic N) is 2. The van der Waals surface area contributed by atoms with Crippen molar-refractivity contribution in [3.8, 4) is 0 Å². The molecule has 0 radical (unpaired) electrons. The zero-order valence-corrected chi connectivity index (χ0v) is 13.9. The van der Waals surface area contributed by atoms with Crippen LogP contribution in [-0.4, -0.2) is 53.1 Å². The largest absolute Gasteiger partial charge is 0.339 e. The molecule has 1 aromatic carbocycles. The molecule has 0 atom stereocenters. The van der Waals surface area contributed by atoms with Gasteiger partial charge in [-0.3, -0.25) is 24.1 Å². The fourth-order valence-corrected chi connectivity index (χ4v) is 2.53. The van der Waals surface area contributed by atoms with Crippen LogP contribution in [0.5, 0.6) is 0 Å². The van der Waals surface area contributed by atoms with Gasteiger partial charge in [0.1, 0.15) is 6.54 Å². The minimum Gasteiger partial charge on any atom is -0.339 e. The lowest BCUT2D eigenvalue weighted by molar-refractivity contribution is -0.141. The topological polar surface area (TPSA) is 86.8 Å². The van der Waals surface area contributed by atoms with Gasteiger partial charge < -0.3 is 10.2 Å². The van der Waals surface area contributed by atoms with Crippen LogP contribution in [0.3, 0.4) is 0 Å². The fraction of sp³-hybridized carbons (Fsp3) is 0.412. The Morgan fingerprint density at radius 1 is 1.04 bits per heavy atom. The molecular weight excluding hydrogens is 310 g/mol. The van der Waals surface area contributed by atoms with E-state index in [9.17, 15) is 19.2 Å². The highest BCUT2D eigenvalue weighted by atomic mass is 16.2. The molecule has 1 heterocycles. The molecule has 0 aliphatic carbocycles. The SMILES string of the molecule is CCN(CC)C(=O)c1ccc(NC(=O)CN2C(=O)CCC2=O)cc1. The summed E-state index contributed by atoms with van der Waals surface area (Å²) in [5, 5.41) is 2.62. The summed E-state index contributed by atoms with van der Waals surface area (Å²) in [6.45, 7) is 4.81. The van der Waals surface area contributed by atoms with Crippen molar-refractivity contribution in [2.75, 3.05) is 25.0 Å². The molecule has 1 N–H and O–H groups in total. The summed E-state index contributed by atoms with van der Waals surface area (Å²) in [6.07, 6.45) is 0.322. The lowest BCUT2D eigenvalue weighted by atomic mass is 10.1. The summed E-state index contributed by atoms with van der Waals surface area (Å²) in [5.41, 5.74) is 1.05. The predicted molar refractivity (Wildman–Crippen MR) is 88.3 cm³/mol. The highest BCUT2D eigenvalue weighted by Gasteiger charge is 2.30. The summed E-state index contributed by atoms with van der Waals surface area (Å²) < 4.78 is 0. The summed E-state index contributed by atoms with van der Waals surface area (Å²) in [6, 6.07) is 6.54. The predicted octanol–water partition coefficient (Wildman–Crippen LogP) is 1.26. The fourth-order valence-electron chi connectivity index (χ4n) is 2.53. The number of hydrogen-bond donors (Lipinski definition) is 1. The lowest BCUT2D eigenvalue weighted by Crippen LogP contribution is -2.36. The number of rotatable bonds is 6. The normalized spacial score (nSPS) is 14.0. The first kappa shape index (κ1) is 17.7. The van der Waals surface area contributed by atoms with E-state index in [0.29, 0.717) is 24.3 Å². The molecule has 24 heavy (non-hydrogen) atoms. The molecular formula is C17H21N3O4. The molecule has 2 rings (SSSR count). The molecule has 1 aliphatic rings. The minimum atomic E-state index is -0.443. The van der Waals surface area contributed by atoms with E-state index in [1.54, 1.807) is 29.2 Å². The average molecular weight is 331 g/mol. The summed E-state index contributed by atoms with van der Waals surface area (Å²) in [5.74, 6) is -1.15. The van der Waals surface area contributed by atoms with E-state index in [-0.39, 0.29) is 37.1 Å². The molecule has 128 valence electrons. The van der Waals surface area contributed by atoms with Gasteiger partial charge in [-0.2, -0.15) is 0 Å². The van der Waals surface area contributed by atoms with Crippen molar-refractivity contribution in [2.24, 2.45) is 0 Å². The van der Waals surface area contributed by atoms with Crippen LogP contribution in [0, 0.1) is 0 Å². The third-order valence-electron chi connectivity index (χ3n) is 3.92. The van der Waals surface area contributed by atoms with E-state index in [2.05, 4.69) is 5.32 Å². The highest BCUT2D eigenvalue weighted by Crippen LogP contribution is 2.14. The van der Waals surface area contributed by atoms with Gasteiger partial charge in [-0.25, -0.2) is 0 Å². The van der Waals surface area contributed by atoms with Crippen LogP contribution >= 0.6 is 0 Å². The van der Waals surface area contributed by atoms with Gasteiger partial charge in [-0.1, -0.05) is 0 Å². The Labute approximate surface area is 140 Å². The van der Waals surface area contributed by atoms with Crippen molar-refractivity contribution in [2.45, 2.75) is 26.7 Å². The van der Waals surface area contributed by atoms with Crippen molar-refractivity contribution in [1.82, 2.24) is 9.80 Å². The maximum Gasteiger partial charge on any atom is 0.253 e. The van der Waals surface area contributed by atoms with Crippen molar-refractivity contribution in [3.63, 3.8) is 0 Å². The molecule has 7 heteroatoms. The molecule has 1 fully saturated rings. The van der Waals surface area contributed by atoms with E-state index in [0.717, 1.165) is 4.90 Å². The van der Waals surface area contributed by atoms with Gasteiger partial charge in [0.05, 0.1) is 0 Å². The monoisotopic (exact) mass is 331 g/mol. The van der Waals surface area contributed by atoms with Crippen LogP contribution in [0.4, 0.5) is 5.69 Å². The Kier molecular flexibility index (Phi) is 5.68. The lowest BCUT2D eigenvalue weighted by Gasteiger charge is -2.18. The number of benzene rings is 1. The third-order valence-corrected chi connectivity index (χ3v) is 3.92. The third kappa shape index (κ3) is 3.98. The Hall–Kier alpha value is -2.70. The second kappa shape index (κ2) is 7.72. The first-order valence-corrected chi connectivity index (χ1v) is 7.98. The Morgan fingerprint density at radius 2 is 1.58 bits per heavy atom. The van der Waals surface area contributed by atoms with Gasteiger partial charge in [-0.15, -0.1) is 0 Å². The van der Waals surface area contributed by atoms with Gasteiger partial charge in [-0.05, 0) is 38.1 Å². The van der Waals surface area contributed by atoms with E-state index >= 15 is 0 Å². The summed E-state index contributed by atoms with van der Waals surface area (Å²) in [7, 11) is 0.